The molecule has 0 fully saturated rings. The van der Waals surface area contributed by atoms with Crippen molar-refractivity contribution in [2.24, 2.45) is 5.92 Å². The van der Waals surface area contributed by atoms with Crippen molar-refractivity contribution in [3.63, 3.8) is 0 Å². The van der Waals surface area contributed by atoms with Gasteiger partial charge in [0.25, 0.3) is 0 Å². The maximum absolute atomic E-state index is 11.9. The Bertz CT molecular complexity index is 427. The third-order valence-electron chi connectivity index (χ3n) is 3.44. The van der Waals surface area contributed by atoms with Crippen molar-refractivity contribution in [3.8, 4) is 0 Å². The Balaban J connectivity index is 2.75. The summed E-state index contributed by atoms with van der Waals surface area (Å²) in [6, 6.07) is 6.06. The molecule has 0 spiro atoms. The van der Waals surface area contributed by atoms with Crippen LogP contribution < -0.4 is 10.6 Å². The van der Waals surface area contributed by atoms with E-state index in [-0.39, 0.29) is 11.9 Å². The fourth-order valence-electron chi connectivity index (χ4n) is 1.98. The van der Waals surface area contributed by atoms with E-state index >= 15 is 0 Å². The van der Waals surface area contributed by atoms with Gasteiger partial charge in [0, 0.05) is 12.7 Å². The maximum atomic E-state index is 11.9. The highest BCUT2D eigenvalue weighted by Gasteiger charge is 2.17. The van der Waals surface area contributed by atoms with Gasteiger partial charge in [0.1, 0.15) is 6.04 Å². The van der Waals surface area contributed by atoms with Gasteiger partial charge in [0.05, 0.1) is 0 Å². The largest absolute Gasteiger partial charge is 0.374 e. The normalized spacial score (nSPS) is 12.3. The Morgan fingerprint density at radius 3 is 2.37 bits per heavy atom. The van der Waals surface area contributed by atoms with Gasteiger partial charge < -0.3 is 10.6 Å². The van der Waals surface area contributed by atoms with E-state index < -0.39 is 0 Å². The van der Waals surface area contributed by atoms with Crippen LogP contribution in [-0.2, 0) is 4.79 Å². The minimum Gasteiger partial charge on any atom is -0.374 e. The van der Waals surface area contributed by atoms with E-state index in [9.17, 15) is 4.79 Å². The van der Waals surface area contributed by atoms with Crippen molar-refractivity contribution in [2.75, 3.05) is 12.4 Å². The Morgan fingerprint density at radius 1 is 1.16 bits per heavy atom. The predicted octanol–water partition coefficient (Wildman–Crippen LogP) is 3.27. The predicted molar refractivity (Wildman–Crippen MR) is 81.5 cm³/mol. The topological polar surface area (TPSA) is 41.1 Å². The fraction of sp³-hybridized carbons (Fsp3) is 0.562. The Morgan fingerprint density at radius 2 is 1.84 bits per heavy atom. The summed E-state index contributed by atoms with van der Waals surface area (Å²) in [5.41, 5.74) is 3.52. The molecule has 0 aliphatic heterocycles. The van der Waals surface area contributed by atoms with Crippen LogP contribution in [0.4, 0.5) is 5.69 Å². The number of benzene rings is 1. The Hall–Kier alpha value is -1.51. The first kappa shape index (κ1) is 15.5. The molecule has 2 N–H and O–H groups in total. The molecule has 0 bridgehead atoms. The highest BCUT2D eigenvalue weighted by Crippen LogP contribution is 2.17. The van der Waals surface area contributed by atoms with Crippen molar-refractivity contribution in [1.29, 1.82) is 0 Å². The van der Waals surface area contributed by atoms with Gasteiger partial charge in [-0.15, -0.1) is 0 Å². The van der Waals surface area contributed by atoms with Crippen LogP contribution >= 0.6 is 0 Å². The minimum absolute atomic E-state index is 0.0545. The molecule has 1 atom stereocenters. The molecular formula is C16H26N2O. The molecule has 0 aliphatic carbocycles. The summed E-state index contributed by atoms with van der Waals surface area (Å²) in [4.78, 5) is 11.9. The van der Waals surface area contributed by atoms with Crippen LogP contribution in [-0.4, -0.2) is 19.0 Å². The summed E-state index contributed by atoms with van der Waals surface area (Å²) in [6.45, 7) is 8.53. The lowest BCUT2D eigenvalue weighted by Gasteiger charge is -2.20. The molecule has 3 nitrogen and oxygen atoms in total. The van der Waals surface area contributed by atoms with Crippen molar-refractivity contribution in [3.05, 3.63) is 29.3 Å². The van der Waals surface area contributed by atoms with Gasteiger partial charge >= 0.3 is 0 Å². The molecule has 0 aromatic heterocycles. The van der Waals surface area contributed by atoms with Crippen molar-refractivity contribution >= 4 is 11.6 Å². The zero-order chi connectivity index (χ0) is 14.4. The third-order valence-corrected chi connectivity index (χ3v) is 3.44. The van der Waals surface area contributed by atoms with Gasteiger partial charge in [0.15, 0.2) is 0 Å². The van der Waals surface area contributed by atoms with Gasteiger partial charge in [-0.1, -0.05) is 19.9 Å². The molecule has 1 aromatic carbocycles. The van der Waals surface area contributed by atoms with Crippen LogP contribution in [0, 0.1) is 19.8 Å². The van der Waals surface area contributed by atoms with Crippen LogP contribution in [0.5, 0.6) is 0 Å². The Labute approximate surface area is 116 Å². The average molecular weight is 262 g/mol. The summed E-state index contributed by atoms with van der Waals surface area (Å²) in [6.07, 6.45) is 1.89. The van der Waals surface area contributed by atoms with E-state index in [2.05, 4.69) is 50.5 Å². The molecule has 106 valence electrons. The second kappa shape index (κ2) is 7.17. The van der Waals surface area contributed by atoms with Crippen molar-refractivity contribution in [1.82, 2.24) is 5.32 Å². The quantitative estimate of drug-likeness (QED) is 0.826. The minimum atomic E-state index is -0.158. The standard InChI is InChI=1S/C16H26N2O/c1-11(2)6-9-15(16(19)17-5)18-14-8-7-12(3)13(4)10-14/h7-8,10-11,15,18H,6,9H2,1-5H3,(H,17,19). The molecule has 1 unspecified atom stereocenters. The van der Waals surface area contributed by atoms with Crippen molar-refractivity contribution < 1.29 is 4.79 Å². The highest BCUT2D eigenvalue weighted by atomic mass is 16.2. The molecule has 19 heavy (non-hydrogen) atoms. The van der Waals surface area contributed by atoms with Crippen molar-refractivity contribution in [2.45, 2.75) is 46.6 Å². The molecule has 3 heteroatoms. The number of hydrogen-bond acceptors (Lipinski definition) is 2. The van der Waals surface area contributed by atoms with E-state index in [1.54, 1.807) is 7.05 Å². The summed E-state index contributed by atoms with van der Waals surface area (Å²) in [5, 5.41) is 6.07. The SMILES string of the molecule is CNC(=O)C(CCC(C)C)Nc1ccc(C)c(C)c1. The van der Waals surface area contributed by atoms with E-state index in [0.717, 1.165) is 18.5 Å². The van der Waals surface area contributed by atoms with Gasteiger partial charge in [-0.05, 0) is 55.9 Å². The summed E-state index contributed by atoms with van der Waals surface area (Å²) < 4.78 is 0. The monoisotopic (exact) mass is 262 g/mol. The van der Waals surface area contributed by atoms with E-state index in [0.29, 0.717) is 5.92 Å². The molecule has 0 heterocycles. The number of anilines is 1. The lowest BCUT2D eigenvalue weighted by molar-refractivity contribution is -0.121. The molecule has 1 rings (SSSR count). The molecule has 0 saturated carbocycles. The molecular weight excluding hydrogens is 236 g/mol. The first-order valence-electron chi connectivity index (χ1n) is 6.99. The summed E-state index contributed by atoms with van der Waals surface area (Å²) >= 11 is 0. The summed E-state index contributed by atoms with van der Waals surface area (Å²) in [7, 11) is 1.69. The lowest BCUT2D eigenvalue weighted by Crippen LogP contribution is -2.38. The molecule has 0 radical (unpaired) electrons. The second-order valence-electron chi connectivity index (χ2n) is 5.58. The van der Waals surface area contributed by atoms with Gasteiger partial charge in [0.2, 0.25) is 5.91 Å². The van der Waals surface area contributed by atoms with Gasteiger partial charge in [-0.25, -0.2) is 0 Å². The first-order valence-corrected chi connectivity index (χ1v) is 6.99. The van der Waals surface area contributed by atoms with Crippen LogP contribution in [0.25, 0.3) is 0 Å². The smallest absolute Gasteiger partial charge is 0.242 e. The van der Waals surface area contributed by atoms with Crippen LogP contribution in [0.1, 0.15) is 37.8 Å². The Kier molecular flexibility index (Phi) is 5.87. The number of likely N-dealkylation sites (N-methyl/N-ethyl adjacent to an activating group) is 1. The van der Waals surface area contributed by atoms with E-state index in [4.69, 9.17) is 0 Å². The molecule has 0 aliphatic rings. The second-order valence-corrected chi connectivity index (χ2v) is 5.58. The number of carbonyl (C=O) groups excluding carboxylic acids is 1. The van der Waals surface area contributed by atoms with Crippen LogP contribution in [0.2, 0.25) is 0 Å². The molecule has 1 aromatic rings. The number of hydrogen-bond donors (Lipinski definition) is 2. The zero-order valence-corrected chi connectivity index (χ0v) is 12.7. The lowest BCUT2D eigenvalue weighted by atomic mass is 10.0. The highest BCUT2D eigenvalue weighted by molar-refractivity contribution is 5.84. The van der Waals surface area contributed by atoms with E-state index in [1.165, 1.54) is 11.1 Å². The number of rotatable bonds is 6. The molecule has 1 amide bonds. The third kappa shape index (κ3) is 4.93. The number of nitrogens with one attached hydrogen (secondary N) is 2. The summed E-state index contributed by atoms with van der Waals surface area (Å²) in [5.74, 6) is 0.660. The zero-order valence-electron chi connectivity index (χ0n) is 12.7. The van der Waals surface area contributed by atoms with E-state index in [1.807, 2.05) is 6.07 Å². The van der Waals surface area contributed by atoms with Gasteiger partial charge in [-0.2, -0.15) is 0 Å². The number of aryl methyl sites for hydroxylation is 2. The fourth-order valence-corrected chi connectivity index (χ4v) is 1.98. The maximum Gasteiger partial charge on any atom is 0.242 e. The number of carbonyl (C=O) groups is 1. The average Bonchev–Trinajstić information content (AvgIpc) is 2.37. The van der Waals surface area contributed by atoms with Crippen LogP contribution in [0.15, 0.2) is 18.2 Å². The molecule has 0 saturated heterocycles. The first-order chi connectivity index (χ1) is 8.93. The number of amides is 1. The van der Waals surface area contributed by atoms with Crippen LogP contribution in [0.3, 0.4) is 0 Å². The van der Waals surface area contributed by atoms with Gasteiger partial charge in [-0.3, -0.25) is 4.79 Å².